The molecule has 0 radical (unpaired) electrons. The fourth-order valence-electron chi connectivity index (χ4n) is 1.73. The number of thiophene rings is 1. The Labute approximate surface area is 125 Å². The van der Waals surface area contributed by atoms with Gasteiger partial charge in [-0.3, -0.25) is 4.79 Å². The zero-order chi connectivity index (χ0) is 15.6. The van der Waals surface area contributed by atoms with Crippen molar-refractivity contribution in [1.29, 1.82) is 0 Å². The van der Waals surface area contributed by atoms with Crippen LogP contribution in [0, 0.1) is 5.82 Å². The molecule has 1 aromatic carbocycles. The number of rotatable bonds is 4. The van der Waals surface area contributed by atoms with Crippen molar-refractivity contribution in [2.75, 3.05) is 7.05 Å². The highest BCUT2D eigenvalue weighted by molar-refractivity contribution is 7.91. The lowest BCUT2D eigenvalue weighted by Gasteiger charge is -2.16. The predicted molar refractivity (Wildman–Crippen MR) is 77.9 cm³/mol. The highest BCUT2D eigenvalue weighted by Crippen LogP contribution is 2.20. The first kappa shape index (κ1) is 15.6. The smallest absolute Gasteiger partial charge is 0.254 e. The zero-order valence-corrected chi connectivity index (χ0v) is 12.7. The van der Waals surface area contributed by atoms with E-state index in [2.05, 4.69) is 0 Å². The Morgan fingerprint density at radius 2 is 1.95 bits per heavy atom. The van der Waals surface area contributed by atoms with Crippen molar-refractivity contribution < 1.29 is 17.6 Å². The van der Waals surface area contributed by atoms with Crippen molar-refractivity contribution in [2.24, 2.45) is 5.14 Å². The van der Waals surface area contributed by atoms with E-state index in [-0.39, 0.29) is 21.5 Å². The van der Waals surface area contributed by atoms with Crippen molar-refractivity contribution in [3.05, 3.63) is 52.7 Å². The van der Waals surface area contributed by atoms with E-state index in [1.54, 1.807) is 19.2 Å². The van der Waals surface area contributed by atoms with Crippen molar-refractivity contribution in [3.8, 4) is 0 Å². The number of primary sulfonamides is 1. The fraction of sp³-hybridized carbons (Fsp3) is 0.154. The minimum atomic E-state index is -3.80. The first-order valence-electron chi connectivity index (χ1n) is 5.88. The van der Waals surface area contributed by atoms with Crippen molar-refractivity contribution >= 4 is 27.3 Å². The van der Waals surface area contributed by atoms with E-state index >= 15 is 0 Å². The molecule has 0 saturated carbocycles. The number of nitrogens with two attached hydrogens (primary N) is 1. The average molecular weight is 328 g/mol. The Bertz CT molecular complexity index is 754. The molecule has 0 spiro atoms. The van der Waals surface area contributed by atoms with Crippen LogP contribution in [-0.4, -0.2) is 26.3 Å². The number of sulfonamides is 1. The maximum atomic E-state index is 12.8. The summed E-state index contributed by atoms with van der Waals surface area (Å²) in [5.74, 6) is -0.672. The van der Waals surface area contributed by atoms with Gasteiger partial charge in [0, 0.05) is 19.0 Å². The SMILES string of the molecule is CN(Cc1ccc(F)cc1)C(=O)c1csc(S(N)(=O)=O)c1. The summed E-state index contributed by atoms with van der Waals surface area (Å²) in [5, 5.41) is 6.45. The molecule has 1 aromatic heterocycles. The van der Waals surface area contributed by atoms with Crippen LogP contribution < -0.4 is 5.14 Å². The van der Waals surface area contributed by atoms with Gasteiger partial charge in [-0.25, -0.2) is 17.9 Å². The molecule has 0 fully saturated rings. The molecule has 1 amide bonds. The van der Waals surface area contributed by atoms with Gasteiger partial charge in [0.05, 0.1) is 5.56 Å². The second kappa shape index (κ2) is 5.92. The standard InChI is InChI=1S/C13H13FN2O3S2/c1-16(7-9-2-4-11(14)5-3-9)13(17)10-6-12(20-8-10)21(15,18)19/h2-6,8H,7H2,1H3,(H2,15,18,19). The van der Waals surface area contributed by atoms with Crippen LogP contribution in [-0.2, 0) is 16.6 Å². The van der Waals surface area contributed by atoms with Gasteiger partial charge >= 0.3 is 0 Å². The molecule has 0 aliphatic heterocycles. The Morgan fingerprint density at radius 1 is 1.33 bits per heavy atom. The summed E-state index contributed by atoms with van der Waals surface area (Å²) in [5.41, 5.74) is 1.03. The maximum Gasteiger partial charge on any atom is 0.254 e. The van der Waals surface area contributed by atoms with Gasteiger partial charge in [-0.05, 0) is 23.8 Å². The number of amides is 1. The third kappa shape index (κ3) is 3.87. The zero-order valence-electron chi connectivity index (χ0n) is 11.1. The minimum absolute atomic E-state index is 0.0546. The van der Waals surface area contributed by atoms with E-state index in [0.717, 1.165) is 16.9 Å². The van der Waals surface area contributed by atoms with Crippen LogP contribution in [0.5, 0.6) is 0 Å². The van der Waals surface area contributed by atoms with Crippen molar-refractivity contribution in [2.45, 2.75) is 10.8 Å². The van der Waals surface area contributed by atoms with Crippen LogP contribution in [0.1, 0.15) is 15.9 Å². The summed E-state index contributed by atoms with van der Waals surface area (Å²) in [6.07, 6.45) is 0. The quantitative estimate of drug-likeness (QED) is 0.929. The molecule has 21 heavy (non-hydrogen) atoms. The molecule has 2 N–H and O–H groups in total. The molecule has 0 atom stereocenters. The van der Waals surface area contributed by atoms with Crippen LogP contribution in [0.15, 0.2) is 39.9 Å². The molecule has 0 unspecified atom stereocenters. The van der Waals surface area contributed by atoms with E-state index < -0.39 is 10.0 Å². The lowest BCUT2D eigenvalue weighted by atomic mass is 10.2. The highest BCUT2D eigenvalue weighted by atomic mass is 32.2. The maximum absolute atomic E-state index is 12.8. The molecule has 2 rings (SSSR count). The molecule has 2 aromatic rings. The van der Waals surface area contributed by atoms with E-state index in [9.17, 15) is 17.6 Å². The lowest BCUT2D eigenvalue weighted by Crippen LogP contribution is -2.25. The Balaban J connectivity index is 2.12. The fourth-order valence-corrected chi connectivity index (χ4v) is 3.31. The van der Waals surface area contributed by atoms with E-state index in [4.69, 9.17) is 5.14 Å². The normalized spacial score (nSPS) is 11.4. The summed E-state index contributed by atoms with van der Waals surface area (Å²) in [6, 6.07) is 7.06. The topological polar surface area (TPSA) is 80.5 Å². The summed E-state index contributed by atoms with van der Waals surface area (Å²) in [6.45, 7) is 0.291. The molecule has 0 bridgehead atoms. The van der Waals surface area contributed by atoms with E-state index in [1.165, 1.54) is 28.5 Å². The van der Waals surface area contributed by atoms with Crippen LogP contribution in [0.3, 0.4) is 0 Å². The van der Waals surface area contributed by atoms with E-state index in [1.807, 2.05) is 0 Å². The molecule has 8 heteroatoms. The Kier molecular flexibility index (Phi) is 4.40. The average Bonchev–Trinajstić information content (AvgIpc) is 2.90. The minimum Gasteiger partial charge on any atom is -0.337 e. The first-order valence-corrected chi connectivity index (χ1v) is 8.31. The van der Waals surface area contributed by atoms with Crippen LogP contribution >= 0.6 is 11.3 Å². The highest BCUT2D eigenvalue weighted by Gasteiger charge is 2.18. The molecule has 0 aliphatic carbocycles. The molecular weight excluding hydrogens is 315 g/mol. The molecule has 1 heterocycles. The summed E-state index contributed by atoms with van der Waals surface area (Å²) >= 11 is 0.900. The van der Waals surface area contributed by atoms with Crippen LogP contribution in [0.2, 0.25) is 0 Å². The monoisotopic (exact) mass is 328 g/mol. The number of halogens is 1. The third-order valence-electron chi connectivity index (χ3n) is 2.78. The van der Waals surface area contributed by atoms with Crippen LogP contribution in [0.4, 0.5) is 4.39 Å². The number of carbonyl (C=O) groups excluding carboxylic acids is 1. The molecule has 112 valence electrons. The number of hydrogen-bond acceptors (Lipinski definition) is 4. The Hall–Kier alpha value is -1.77. The van der Waals surface area contributed by atoms with Gasteiger partial charge in [-0.1, -0.05) is 12.1 Å². The van der Waals surface area contributed by atoms with Gasteiger partial charge in [0.15, 0.2) is 0 Å². The van der Waals surface area contributed by atoms with Crippen molar-refractivity contribution in [3.63, 3.8) is 0 Å². The van der Waals surface area contributed by atoms with E-state index in [0.29, 0.717) is 6.54 Å². The molecule has 0 saturated heterocycles. The number of hydrogen-bond donors (Lipinski definition) is 1. The Morgan fingerprint density at radius 3 is 2.48 bits per heavy atom. The summed E-state index contributed by atoms with van der Waals surface area (Å²) < 4.78 is 35.1. The van der Waals surface area contributed by atoms with Crippen LogP contribution in [0.25, 0.3) is 0 Å². The third-order valence-corrected chi connectivity index (χ3v) is 5.17. The van der Waals surface area contributed by atoms with Crippen molar-refractivity contribution in [1.82, 2.24) is 4.90 Å². The van der Waals surface area contributed by atoms with Gasteiger partial charge < -0.3 is 4.90 Å². The largest absolute Gasteiger partial charge is 0.337 e. The molecule has 5 nitrogen and oxygen atoms in total. The second-order valence-electron chi connectivity index (χ2n) is 4.49. The second-order valence-corrected chi connectivity index (χ2v) is 7.19. The van der Waals surface area contributed by atoms with Gasteiger partial charge in [-0.2, -0.15) is 0 Å². The van der Waals surface area contributed by atoms with Gasteiger partial charge in [0.25, 0.3) is 5.91 Å². The number of benzene rings is 1. The molecular formula is C13H13FN2O3S2. The number of carbonyl (C=O) groups is 1. The van der Waals surface area contributed by atoms with Gasteiger partial charge in [0.1, 0.15) is 10.0 Å². The lowest BCUT2D eigenvalue weighted by molar-refractivity contribution is 0.0785. The summed E-state index contributed by atoms with van der Waals surface area (Å²) in [4.78, 5) is 13.6. The number of nitrogens with zero attached hydrogens (tertiary/aromatic N) is 1. The van der Waals surface area contributed by atoms with Gasteiger partial charge in [-0.15, -0.1) is 11.3 Å². The van der Waals surface area contributed by atoms with Gasteiger partial charge in [0.2, 0.25) is 10.0 Å². The predicted octanol–water partition coefficient (Wildman–Crippen LogP) is 1.81. The summed E-state index contributed by atoms with van der Waals surface area (Å²) in [7, 11) is -2.22. The molecule has 0 aliphatic rings. The first-order chi connectivity index (χ1) is 9.77.